The van der Waals surface area contributed by atoms with E-state index in [1.165, 1.54) is 32.2 Å². The lowest BCUT2D eigenvalue weighted by molar-refractivity contribution is -0.122. The van der Waals surface area contributed by atoms with Crippen LogP contribution in [0.5, 0.6) is 0 Å². The van der Waals surface area contributed by atoms with Crippen LogP contribution in [0.4, 0.5) is 5.69 Å². The van der Waals surface area contributed by atoms with Gasteiger partial charge in [0.15, 0.2) is 5.04 Å². The fraction of sp³-hybridized carbons (Fsp3) is 0.143. The predicted molar refractivity (Wildman–Crippen MR) is 124 cm³/mol. The number of oxime groups is 1. The predicted octanol–water partition coefficient (Wildman–Crippen LogP) is 1.26. The lowest BCUT2D eigenvalue weighted by Gasteiger charge is -2.26. The molecule has 1 aliphatic rings. The third-order valence-electron chi connectivity index (χ3n) is 4.79. The summed E-state index contributed by atoms with van der Waals surface area (Å²) in [4.78, 5) is 27.9. The van der Waals surface area contributed by atoms with Crippen molar-refractivity contribution in [2.24, 2.45) is 10.3 Å². The second kappa shape index (κ2) is 10.2. The molecule has 0 aliphatic carbocycles. The standard InChI is InChI=1S/C18H18N4O5S.C3H4N2O/c1-13(20-27-2)18(21-24)16(28(25,26)15-11-7-4-8-12-15)19-22(17(18)23)14-9-5-3-6-10-14;6-3-1-2-4-5-3/h3-12,21,24H,1-2H3;1-2H,(H2,4,5,6)/b20-13+;. The molecule has 0 radical (unpaired) electrons. The van der Waals surface area contributed by atoms with Crippen LogP contribution < -0.4 is 16.0 Å². The van der Waals surface area contributed by atoms with Gasteiger partial charge in [-0.3, -0.25) is 14.7 Å². The van der Waals surface area contributed by atoms with Crippen LogP contribution in [0.25, 0.3) is 0 Å². The molecule has 12 nitrogen and oxygen atoms in total. The maximum atomic E-state index is 13.3. The summed E-state index contributed by atoms with van der Waals surface area (Å²) in [6.45, 7) is 1.36. The van der Waals surface area contributed by atoms with Crippen molar-refractivity contribution in [2.75, 3.05) is 12.1 Å². The smallest absolute Gasteiger partial charge is 0.283 e. The summed E-state index contributed by atoms with van der Waals surface area (Å²) in [5, 5.41) is 22.8. The molecule has 3 aromatic rings. The Balaban J connectivity index is 0.000000469. The van der Waals surface area contributed by atoms with Gasteiger partial charge in [-0.2, -0.15) is 15.6 Å². The van der Waals surface area contributed by atoms with Crippen molar-refractivity contribution in [3.8, 4) is 0 Å². The fourth-order valence-corrected chi connectivity index (χ4v) is 4.75. The summed E-state index contributed by atoms with van der Waals surface area (Å²) in [6, 6.07) is 17.2. The molecule has 13 heteroatoms. The van der Waals surface area contributed by atoms with Crippen molar-refractivity contribution in [3.05, 3.63) is 83.3 Å². The minimum Gasteiger partial charge on any atom is -0.399 e. The fourth-order valence-electron chi connectivity index (χ4n) is 3.14. The molecule has 1 aliphatic heterocycles. The highest BCUT2D eigenvalue weighted by Gasteiger charge is 2.59. The van der Waals surface area contributed by atoms with E-state index in [-0.39, 0.29) is 16.2 Å². The van der Waals surface area contributed by atoms with Crippen molar-refractivity contribution < 1.29 is 23.3 Å². The maximum absolute atomic E-state index is 13.3. The SMILES string of the molecule is CO/N=C(\C)C1(NO)C(=O)N(c2ccccc2)N=C1S(=O)(=O)c1ccccc1.O=c1cc[nH][nH]1. The number of hydroxylamine groups is 1. The molecule has 178 valence electrons. The molecule has 2 heterocycles. The number of sulfone groups is 1. The van der Waals surface area contributed by atoms with Crippen molar-refractivity contribution in [1.29, 1.82) is 0 Å². The first-order chi connectivity index (χ1) is 16.3. The molecule has 2 aromatic carbocycles. The Kier molecular flexibility index (Phi) is 7.40. The third-order valence-corrected chi connectivity index (χ3v) is 6.58. The van der Waals surface area contributed by atoms with Gasteiger partial charge >= 0.3 is 0 Å². The first kappa shape index (κ1) is 24.6. The summed E-state index contributed by atoms with van der Waals surface area (Å²) < 4.78 is 26.6. The van der Waals surface area contributed by atoms with Gasteiger partial charge in [0.2, 0.25) is 15.4 Å². The topological polar surface area (TPSA) is 169 Å². The second-order valence-electron chi connectivity index (χ2n) is 6.86. The van der Waals surface area contributed by atoms with Crippen molar-refractivity contribution in [1.82, 2.24) is 15.7 Å². The van der Waals surface area contributed by atoms with Crippen LogP contribution >= 0.6 is 0 Å². The molecule has 0 bridgehead atoms. The molecule has 1 atom stereocenters. The van der Waals surface area contributed by atoms with E-state index < -0.39 is 26.3 Å². The normalized spacial score (nSPS) is 18.2. The lowest BCUT2D eigenvalue weighted by atomic mass is 9.96. The van der Waals surface area contributed by atoms with Gasteiger partial charge in [0.05, 0.1) is 16.3 Å². The zero-order chi connectivity index (χ0) is 24.8. The van der Waals surface area contributed by atoms with Crippen molar-refractivity contribution in [2.45, 2.75) is 17.4 Å². The summed E-state index contributed by atoms with van der Waals surface area (Å²) in [5.74, 6) is -0.839. The first-order valence-electron chi connectivity index (χ1n) is 9.79. The summed E-state index contributed by atoms with van der Waals surface area (Å²) in [6.07, 6.45) is 1.54. The van der Waals surface area contributed by atoms with Gasteiger partial charge in [0.25, 0.3) is 11.5 Å². The Morgan fingerprint density at radius 2 is 1.71 bits per heavy atom. The van der Waals surface area contributed by atoms with Crippen molar-refractivity contribution >= 4 is 32.2 Å². The first-order valence-corrected chi connectivity index (χ1v) is 11.3. The Morgan fingerprint density at radius 3 is 2.18 bits per heavy atom. The van der Waals surface area contributed by atoms with E-state index in [1.54, 1.807) is 54.7 Å². The molecule has 4 rings (SSSR count). The maximum Gasteiger partial charge on any atom is 0.283 e. The monoisotopic (exact) mass is 486 g/mol. The number of nitrogens with one attached hydrogen (secondary N) is 3. The third kappa shape index (κ3) is 4.52. The van der Waals surface area contributed by atoms with Gasteiger partial charge in [-0.25, -0.2) is 8.42 Å². The molecule has 0 spiro atoms. The Labute approximate surface area is 194 Å². The molecule has 1 aromatic heterocycles. The molecule has 1 amide bonds. The molecule has 4 N–H and O–H groups in total. The molecule has 0 saturated heterocycles. The van der Waals surface area contributed by atoms with E-state index in [4.69, 9.17) is 4.84 Å². The largest absolute Gasteiger partial charge is 0.399 e. The van der Waals surface area contributed by atoms with Gasteiger partial charge in [-0.05, 0) is 31.2 Å². The number of amides is 1. The highest BCUT2D eigenvalue weighted by molar-refractivity contribution is 8.07. The number of hydrazone groups is 1. The van der Waals surface area contributed by atoms with Crippen LogP contribution in [0, 0.1) is 0 Å². The number of nitrogens with zero attached hydrogens (tertiary/aromatic N) is 3. The van der Waals surface area contributed by atoms with Crippen LogP contribution in [0.1, 0.15) is 6.92 Å². The average molecular weight is 487 g/mol. The minimum atomic E-state index is -4.27. The van der Waals surface area contributed by atoms with Crippen LogP contribution in [-0.2, 0) is 19.5 Å². The number of para-hydroxylation sites is 1. The zero-order valence-electron chi connectivity index (χ0n) is 18.2. The van der Waals surface area contributed by atoms with Crippen molar-refractivity contribution in [3.63, 3.8) is 0 Å². The zero-order valence-corrected chi connectivity index (χ0v) is 19.0. The molecular formula is C21H22N6O6S. The number of hydrogen-bond donors (Lipinski definition) is 4. The number of carbonyl (C=O) groups excluding carboxylic acids is 1. The Bertz CT molecular complexity index is 1330. The van der Waals surface area contributed by atoms with Gasteiger partial charge < -0.3 is 15.1 Å². The second-order valence-corrected chi connectivity index (χ2v) is 8.73. The quantitative estimate of drug-likeness (QED) is 0.311. The van der Waals surface area contributed by atoms with Gasteiger partial charge in [0.1, 0.15) is 7.11 Å². The molecular weight excluding hydrogens is 464 g/mol. The number of carbonyl (C=O) groups is 1. The number of hydrogen-bond acceptors (Lipinski definition) is 9. The van der Waals surface area contributed by atoms with Gasteiger partial charge in [-0.1, -0.05) is 41.6 Å². The number of aromatic amines is 2. The van der Waals surface area contributed by atoms with E-state index in [9.17, 15) is 23.2 Å². The van der Waals surface area contributed by atoms with Crippen LogP contribution in [-0.4, -0.2) is 53.1 Å². The molecule has 0 fully saturated rings. The van der Waals surface area contributed by atoms with Crippen LogP contribution in [0.2, 0.25) is 0 Å². The number of rotatable bonds is 5. The van der Waals surface area contributed by atoms with E-state index >= 15 is 0 Å². The summed E-state index contributed by atoms with van der Waals surface area (Å²) >= 11 is 0. The highest BCUT2D eigenvalue weighted by Crippen LogP contribution is 2.32. The number of H-pyrrole nitrogens is 2. The molecule has 34 heavy (non-hydrogen) atoms. The van der Waals surface area contributed by atoms with E-state index in [2.05, 4.69) is 20.5 Å². The Morgan fingerprint density at radius 1 is 1.09 bits per heavy atom. The summed E-state index contributed by atoms with van der Waals surface area (Å²) in [7, 11) is -3.03. The minimum absolute atomic E-state index is 0.0821. The lowest BCUT2D eigenvalue weighted by Crippen LogP contribution is -2.63. The number of anilines is 1. The van der Waals surface area contributed by atoms with E-state index in [0.717, 1.165) is 5.01 Å². The van der Waals surface area contributed by atoms with Crippen LogP contribution in [0.3, 0.4) is 0 Å². The van der Waals surface area contributed by atoms with Crippen LogP contribution in [0.15, 0.2) is 92.9 Å². The number of benzene rings is 2. The highest BCUT2D eigenvalue weighted by atomic mass is 32.2. The average Bonchev–Trinajstić information content (AvgIpc) is 3.45. The molecule has 0 saturated carbocycles. The van der Waals surface area contributed by atoms with Gasteiger partial charge in [0, 0.05) is 12.3 Å². The summed E-state index contributed by atoms with van der Waals surface area (Å²) in [5.41, 5.74) is -0.295. The van der Waals surface area contributed by atoms with E-state index in [1.807, 2.05) is 5.48 Å². The number of aromatic nitrogens is 2. The molecule has 1 unspecified atom stereocenters. The van der Waals surface area contributed by atoms with E-state index in [0.29, 0.717) is 5.69 Å². The van der Waals surface area contributed by atoms with Gasteiger partial charge in [-0.15, -0.1) is 0 Å². The Hall–Kier alpha value is -4.07.